The Morgan fingerprint density at radius 3 is 1.15 bits per heavy atom. The zero-order chi connectivity index (χ0) is 45.7. The molecule has 0 radical (unpaired) electrons. The Balaban J connectivity index is 1.32. The van der Waals surface area contributed by atoms with Crippen LogP contribution in [-0.2, 0) is 29.9 Å². The predicted molar refractivity (Wildman–Crippen MR) is 240 cm³/mol. The first-order chi connectivity index (χ1) is 29.3. The number of rotatable bonds is 24. The third-order valence-electron chi connectivity index (χ3n) is 11.8. The Morgan fingerprint density at radius 2 is 0.806 bits per heavy atom. The molecule has 11 nitrogen and oxygen atoms in total. The largest absolute Gasteiger partial charge is 0.491 e. The summed E-state index contributed by atoms with van der Waals surface area (Å²) in [5, 5.41) is 32.1. The van der Waals surface area contributed by atoms with E-state index in [2.05, 4.69) is 40.9 Å². The Morgan fingerprint density at radius 1 is 0.500 bits per heavy atom. The first-order valence-electron chi connectivity index (χ1n) is 21.0. The molecule has 0 fully saturated rings. The maximum atomic E-state index is 11.5. The first-order valence-corrected chi connectivity index (χ1v) is 21.0. The Hall–Kier alpha value is -5.62. The normalized spacial score (nSPS) is 15.1. The van der Waals surface area contributed by atoms with Gasteiger partial charge in [-0.2, -0.15) is 0 Å². The van der Waals surface area contributed by atoms with Crippen LogP contribution < -0.4 is 18.9 Å². The van der Waals surface area contributed by atoms with Crippen molar-refractivity contribution in [3.8, 4) is 23.0 Å². The van der Waals surface area contributed by atoms with Crippen molar-refractivity contribution >= 4 is 11.9 Å². The van der Waals surface area contributed by atoms with E-state index in [0.717, 1.165) is 34.4 Å². The lowest BCUT2D eigenvalue weighted by molar-refractivity contribution is -0.146. The van der Waals surface area contributed by atoms with Crippen LogP contribution in [0, 0.1) is 0 Å². The maximum absolute atomic E-state index is 11.5. The van der Waals surface area contributed by atoms with Crippen molar-refractivity contribution in [2.45, 2.75) is 109 Å². The summed E-state index contributed by atoms with van der Waals surface area (Å²) >= 11 is 0. The summed E-state index contributed by atoms with van der Waals surface area (Å²) in [6, 6.07) is 31.1. The molecule has 3 N–H and O–H groups in total. The lowest BCUT2D eigenvalue weighted by Crippen LogP contribution is -2.47. The van der Waals surface area contributed by atoms with Crippen molar-refractivity contribution in [1.82, 2.24) is 0 Å². The molecule has 4 aromatic carbocycles. The van der Waals surface area contributed by atoms with Gasteiger partial charge in [-0.05, 0) is 97.5 Å². The van der Waals surface area contributed by atoms with Gasteiger partial charge in [0.15, 0.2) is 0 Å². The number of aliphatic hydroxyl groups is 3. The lowest BCUT2D eigenvalue weighted by atomic mass is 9.78. The number of benzene rings is 4. The summed E-state index contributed by atoms with van der Waals surface area (Å²) in [5.74, 6) is 1.22. The number of esters is 2. The third kappa shape index (κ3) is 12.7. The maximum Gasteiger partial charge on any atom is 0.330 e. The van der Waals surface area contributed by atoms with E-state index in [1.54, 1.807) is 6.92 Å². The molecule has 0 aliphatic rings. The highest BCUT2D eigenvalue weighted by atomic mass is 16.6. The van der Waals surface area contributed by atoms with Crippen LogP contribution >= 0.6 is 0 Å². The minimum absolute atomic E-state index is 0.0251. The first kappa shape index (κ1) is 49.0. The van der Waals surface area contributed by atoms with Gasteiger partial charge in [0.2, 0.25) is 0 Å². The smallest absolute Gasteiger partial charge is 0.330 e. The fourth-order valence-electron chi connectivity index (χ4n) is 6.66. The fourth-order valence-corrected chi connectivity index (χ4v) is 6.66. The fraction of sp³-hybridized carbons (Fsp3) is 0.412. The molecule has 0 aliphatic carbocycles. The standard InChI is InChI=1S/C51H64O11/c1-11-46(55)59-32-39(52)31-57-40-23-15-35(16-24-40)48(5,6)37-19-27-42(28-20-37)61-50(9,13-3)44(53)33-58-41-25-17-36(18-26-41)49(7,8)38-21-29-43(30-22-38)62-51(10,14-4)45(54)34-60-47(56)12-2/h11-12,15-30,39,44-45,52-54H,1-2,13-14,31-34H2,3-10H3. The molecule has 4 aromatic rings. The Labute approximate surface area is 366 Å². The third-order valence-corrected chi connectivity index (χ3v) is 11.8. The molecule has 0 amide bonds. The molecule has 334 valence electrons. The number of hydrogen-bond donors (Lipinski definition) is 3. The molecule has 4 rings (SSSR count). The monoisotopic (exact) mass is 852 g/mol. The summed E-state index contributed by atoms with van der Waals surface area (Å²) in [6.07, 6.45) is 0.199. The highest BCUT2D eigenvalue weighted by Crippen LogP contribution is 2.36. The zero-order valence-electron chi connectivity index (χ0n) is 37.4. The summed E-state index contributed by atoms with van der Waals surface area (Å²) in [6.45, 7) is 22.4. The quantitative estimate of drug-likeness (QED) is 0.0461. The molecule has 11 heteroatoms. The topological polar surface area (TPSA) is 150 Å². The van der Waals surface area contributed by atoms with E-state index in [9.17, 15) is 24.9 Å². The average molecular weight is 853 g/mol. The van der Waals surface area contributed by atoms with Gasteiger partial charge in [-0.3, -0.25) is 0 Å². The van der Waals surface area contributed by atoms with E-state index in [1.807, 2.05) is 118 Å². The van der Waals surface area contributed by atoms with Gasteiger partial charge in [0, 0.05) is 23.0 Å². The predicted octanol–water partition coefficient (Wildman–Crippen LogP) is 8.43. The molecule has 0 spiro atoms. The van der Waals surface area contributed by atoms with Gasteiger partial charge in [0.05, 0.1) is 0 Å². The Kier molecular flexibility index (Phi) is 17.0. The Bertz CT molecular complexity index is 2060. The number of aliphatic hydroxyl groups excluding tert-OH is 3. The van der Waals surface area contributed by atoms with Gasteiger partial charge in [0.25, 0.3) is 0 Å². The number of hydrogen-bond acceptors (Lipinski definition) is 11. The minimum Gasteiger partial charge on any atom is -0.491 e. The number of carbonyl (C=O) groups is 2. The van der Waals surface area contributed by atoms with Crippen LogP contribution in [0.25, 0.3) is 0 Å². The highest BCUT2D eigenvalue weighted by molar-refractivity contribution is 5.81. The molecule has 0 aliphatic heterocycles. The van der Waals surface area contributed by atoms with E-state index < -0.39 is 41.5 Å². The summed E-state index contributed by atoms with van der Waals surface area (Å²) in [4.78, 5) is 22.7. The van der Waals surface area contributed by atoms with Crippen LogP contribution in [0.4, 0.5) is 0 Å². The molecule has 0 heterocycles. The molecular formula is C51H64O11. The van der Waals surface area contributed by atoms with Gasteiger partial charge in [-0.25, -0.2) is 9.59 Å². The van der Waals surface area contributed by atoms with E-state index in [4.69, 9.17) is 28.4 Å². The van der Waals surface area contributed by atoms with Crippen molar-refractivity contribution < 1.29 is 53.3 Å². The summed E-state index contributed by atoms with van der Waals surface area (Å²) in [7, 11) is 0. The zero-order valence-corrected chi connectivity index (χ0v) is 37.4. The van der Waals surface area contributed by atoms with E-state index in [-0.39, 0.29) is 37.3 Å². The second-order valence-corrected chi connectivity index (χ2v) is 16.9. The van der Waals surface area contributed by atoms with Crippen LogP contribution in [0.2, 0.25) is 0 Å². The van der Waals surface area contributed by atoms with Crippen molar-refractivity contribution in [1.29, 1.82) is 0 Å². The van der Waals surface area contributed by atoms with Crippen molar-refractivity contribution in [3.63, 3.8) is 0 Å². The number of ether oxygens (including phenoxy) is 6. The second-order valence-electron chi connectivity index (χ2n) is 16.9. The molecule has 0 saturated heterocycles. The van der Waals surface area contributed by atoms with E-state index >= 15 is 0 Å². The van der Waals surface area contributed by atoms with Gasteiger partial charge in [-0.15, -0.1) is 0 Å². The van der Waals surface area contributed by atoms with Crippen LogP contribution in [-0.4, -0.2) is 83.2 Å². The van der Waals surface area contributed by atoms with Crippen LogP contribution in [0.5, 0.6) is 23.0 Å². The van der Waals surface area contributed by atoms with Gasteiger partial charge in [0.1, 0.15) is 78.9 Å². The molecule has 5 atom stereocenters. The summed E-state index contributed by atoms with van der Waals surface area (Å²) < 4.78 is 34.3. The van der Waals surface area contributed by atoms with Crippen LogP contribution in [0.15, 0.2) is 122 Å². The van der Waals surface area contributed by atoms with E-state index in [1.165, 1.54) is 0 Å². The molecule has 5 unspecified atom stereocenters. The van der Waals surface area contributed by atoms with Gasteiger partial charge >= 0.3 is 11.9 Å². The highest BCUT2D eigenvalue weighted by Gasteiger charge is 2.36. The van der Waals surface area contributed by atoms with E-state index in [0.29, 0.717) is 35.8 Å². The van der Waals surface area contributed by atoms with Gasteiger partial charge < -0.3 is 43.7 Å². The molecule has 62 heavy (non-hydrogen) atoms. The van der Waals surface area contributed by atoms with Crippen molar-refractivity contribution in [2.24, 2.45) is 0 Å². The molecule has 0 saturated carbocycles. The second kappa shape index (κ2) is 21.4. The molecular weight excluding hydrogens is 789 g/mol. The van der Waals surface area contributed by atoms with Crippen molar-refractivity contribution in [3.05, 3.63) is 145 Å². The van der Waals surface area contributed by atoms with Gasteiger partial charge in [-0.1, -0.05) is 103 Å². The molecule has 0 bridgehead atoms. The minimum atomic E-state index is -1.03. The SMILES string of the molecule is C=CC(=O)OCC(O)COc1ccc(C(C)(C)c2ccc(OC(C)(CC)C(O)COc3ccc(C(C)(C)c4ccc(OC(C)(CC)C(O)COC(=O)C=C)cc4)cc3)cc2)cc1. The number of carbonyl (C=O) groups excluding carboxylic acids is 2. The van der Waals surface area contributed by atoms with Crippen molar-refractivity contribution in [2.75, 3.05) is 26.4 Å². The lowest BCUT2D eigenvalue weighted by Gasteiger charge is -2.34. The van der Waals surface area contributed by atoms with Crippen LogP contribution in [0.1, 0.15) is 90.5 Å². The summed E-state index contributed by atoms with van der Waals surface area (Å²) in [5.41, 5.74) is 1.64. The van der Waals surface area contributed by atoms with Crippen LogP contribution in [0.3, 0.4) is 0 Å². The average Bonchev–Trinajstić information content (AvgIpc) is 3.28. The molecule has 0 aromatic heterocycles.